The molecule has 5 nitrogen and oxygen atoms in total. The number of carbonyl (C=O) groups is 2. The minimum absolute atomic E-state index is 0.301. The number of hydrogen-bond donors (Lipinski definition) is 0. The highest BCUT2D eigenvalue weighted by Crippen LogP contribution is 2.00. The van der Waals surface area contributed by atoms with Crippen molar-refractivity contribution in [2.45, 2.75) is 13.8 Å². The molecule has 0 heterocycles. The zero-order valence-electron chi connectivity index (χ0n) is 9.78. The Kier molecular flexibility index (Phi) is 6.70. The Morgan fingerprint density at radius 2 is 1.87 bits per heavy atom. The second-order valence-corrected chi connectivity index (χ2v) is 3.63. The molecule has 0 bridgehead atoms. The zero-order chi connectivity index (χ0) is 11.8. The number of nitrogens with zero attached hydrogens (tertiary/aromatic N) is 1. The molecule has 0 N–H and O–H groups in total. The lowest BCUT2D eigenvalue weighted by Crippen LogP contribution is -2.41. The second-order valence-electron chi connectivity index (χ2n) is 3.63. The summed E-state index contributed by atoms with van der Waals surface area (Å²) >= 11 is 0. The van der Waals surface area contributed by atoms with E-state index in [2.05, 4.69) is 4.74 Å². The standard InChI is InChI=1S/C10H19NO4/c1-8(2)7-11(5-6-14-3)9(12)10(13)15-4/h8H,5-7H2,1-4H3. The molecule has 0 unspecified atom stereocenters. The second kappa shape index (κ2) is 7.23. The fourth-order valence-electron chi connectivity index (χ4n) is 1.13. The van der Waals surface area contributed by atoms with Crippen LogP contribution in [0.3, 0.4) is 0 Å². The van der Waals surface area contributed by atoms with Crippen LogP contribution in [0, 0.1) is 5.92 Å². The lowest BCUT2D eigenvalue weighted by atomic mass is 10.2. The highest BCUT2D eigenvalue weighted by atomic mass is 16.5. The summed E-state index contributed by atoms with van der Waals surface area (Å²) in [6.45, 7) is 5.30. The third-order valence-corrected chi connectivity index (χ3v) is 1.80. The fraction of sp³-hybridized carbons (Fsp3) is 0.800. The predicted octanol–water partition coefficient (Wildman–Crippen LogP) is 0.290. The van der Waals surface area contributed by atoms with E-state index < -0.39 is 11.9 Å². The zero-order valence-corrected chi connectivity index (χ0v) is 9.78. The molecule has 0 aliphatic rings. The molecule has 88 valence electrons. The van der Waals surface area contributed by atoms with E-state index in [4.69, 9.17) is 4.74 Å². The van der Waals surface area contributed by atoms with Gasteiger partial charge in [0.25, 0.3) is 0 Å². The summed E-state index contributed by atoms with van der Waals surface area (Å²) < 4.78 is 9.25. The molecule has 0 fully saturated rings. The van der Waals surface area contributed by atoms with Gasteiger partial charge in [-0.2, -0.15) is 0 Å². The van der Waals surface area contributed by atoms with Crippen LogP contribution in [0.4, 0.5) is 0 Å². The minimum atomic E-state index is -0.827. The fourth-order valence-corrected chi connectivity index (χ4v) is 1.13. The van der Waals surface area contributed by atoms with Crippen molar-refractivity contribution in [1.82, 2.24) is 4.90 Å². The van der Waals surface area contributed by atoms with Gasteiger partial charge >= 0.3 is 11.9 Å². The molecule has 0 saturated heterocycles. The third kappa shape index (κ3) is 5.37. The number of ether oxygens (including phenoxy) is 2. The molecule has 0 atom stereocenters. The Morgan fingerprint density at radius 3 is 2.27 bits per heavy atom. The van der Waals surface area contributed by atoms with Gasteiger partial charge in [-0.25, -0.2) is 4.79 Å². The van der Waals surface area contributed by atoms with Crippen molar-refractivity contribution in [3.05, 3.63) is 0 Å². The molecular weight excluding hydrogens is 198 g/mol. The first-order valence-electron chi connectivity index (χ1n) is 4.89. The summed E-state index contributed by atoms with van der Waals surface area (Å²) in [5.41, 5.74) is 0. The highest BCUT2D eigenvalue weighted by molar-refractivity contribution is 6.32. The Labute approximate surface area is 90.3 Å². The van der Waals surface area contributed by atoms with Crippen LogP contribution in [0.5, 0.6) is 0 Å². The SMILES string of the molecule is COCCN(CC(C)C)C(=O)C(=O)OC. The molecular formula is C10H19NO4. The molecule has 0 aromatic rings. The van der Waals surface area contributed by atoms with Gasteiger partial charge in [0.05, 0.1) is 13.7 Å². The summed E-state index contributed by atoms with van der Waals surface area (Å²) in [5, 5.41) is 0. The predicted molar refractivity (Wildman–Crippen MR) is 55.3 cm³/mol. The van der Waals surface area contributed by atoms with E-state index in [-0.39, 0.29) is 0 Å². The van der Waals surface area contributed by atoms with E-state index in [0.29, 0.717) is 25.6 Å². The van der Waals surface area contributed by atoms with Crippen LogP contribution in [-0.2, 0) is 19.1 Å². The van der Waals surface area contributed by atoms with Crippen LogP contribution in [-0.4, -0.2) is 50.7 Å². The Balaban J connectivity index is 4.33. The lowest BCUT2D eigenvalue weighted by molar-refractivity contribution is -0.158. The Hall–Kier alpha value is -1.10. The molecule has 1 amide bonds. The van der Waals surface area contributed by atoms with Gasteiger partial charge in [-0.1, -0.05) is 13.8 Å². The maximum Gasteiger partial charge on any atom is 0.396 e. The summed E-state index contributed by atoms with van der Waals surface area (Å²) in [7, 11) is 2.75. The van der Waals surface area contributed by atoms with Crippen molar-refractivity contribution in [3.8, 4) is 0 Å². The molecule has 0 aromatic carbocycles. The van der Waals surface area contributed by atoms with Crippen LogP contribution >= 0.6 is 0 Å². The number of carbonyl (C=O) groups excluding carboxylic acids is 2. The summed E-state index contributed by atoms with van der Waals surface area (Å²) in [6, 6.07) is 0. The first-order valence-corrected chi connectivity index (χ1v) is 4.89. The van der Waals surface area contributed by atoms with Crippen LogP contribution in [0.2, 0.25) is 0 Å². The number of amides is 1. The van der Waals surface area contributed by atoms with Gasteiger partial charge in [0, 0.05) is 20.2 Å². The van der Waals surface area contributed by atoms with Gasteiger partial charge < -0.3 is 14.4 Å². The number of rotatable bonds is 5. The van der Waals surface area contributed by atoms with Crippen LogP contribution < -0.4 is 0 Å². The van der Waals surface area contributed by atoms with Gasteiger partial charge in [-0.05, 0) is 5.92 Å². The quantitative estimate of drug-likeness (QED) is 0.490. The summed E-state index contributed by atoms with van der Waals surface area (Å²) in [4.78, 5) is 24.0. The van der Waals surface area contributed by atoms with Gasteiger partial charge in [0.1, 0.15) is 0 Å². The van der Waals surface area contributed by atoms with E-state index in [1.54, 1.807) is 7.11 Å². The Bertz CT molecular complexity index is 215. The van der Waals surface area contributed by atoms with Crippen LogP contribution in [0.1, 0.15) is 13.8 Å². The van der Waals surface area contributed by atoms with Gasteiger partial charge in [-0.15, -0.1) is 0 Å². The molecule has 0 saturated carbocycles. The smallest absolute Gasteiger partial charge is 0.396 e. The normalized spacial score (nSPS) is 10.2. The number of hydrogen-bond acceptors (Lipinski definition) is 4. The minimum Gasteiger partial charge on any atom is -0.462 e. The monoisotopic (exact) mass is 217 g/mol. The molecule has 0 aliphatic heterocycles. The van der Waals surface area contributed by atoms with Crippen molar-refractivity contribution in [2.75, 3.05) is 33.9 Å². The molecule has 0 aliphatic carbocycles. The molecule has 0 radical (unpaired) electrons. The van der Waals surface area contributed by atoms with Gasteiger partial charge in [-0.3, -0.25) is 4.79 Å². The first kappa shape index (κ1) is 13.9. The molecule has 0 spiro atoms. The van der Waals surface area contributed by atoms with Gasteiger partial charge in [0.15, 0.2) is 0 Å². The topological polar surface area (TPSA) is 55.8 Å². The average Bonchev–Trinajstić information content (AvgIpc) is 2.21. The number of methoxy groups -OCH3 is 2. The molecule has 0 rings (SSSR count). The number of esters is 1. The van der Waals surface area contributed by atoms with E-state index in [1.165, 1.54) is 12.0 Å². The van der Waals surface area contributed by atoms with Crippen molar-refractivity contribution < 1.29 is 19.1 Å². The third-order valence-electron chi connectivity index (χ3n) is 1.80. The lowest BCUT2D eigenvalue weighted by Gasteiger charge is -2.22. The maximum absolute atomic E-state index is 11.5. The van der Waals surface area contributed by atoms with Crippen molar-refractivity contribution in [2.24, 2.45) is 5.92 Å². The van der Waals surface area contributed by atoms with Crippen molar-refractivity contribution in [1.29, 1.82) is 0 Å². The van der Waals surface area contributed by atoms with Crippen LogP contribution in [0.15, 0.2) is 0 Å². The maximum atomic E-state index is 11.5. The first-order chi connectivity index (χ1) is 7.02. The summed E-state index contributed by atoms with van der Waals surface area (Å²) in [5.74, 6) is -1.13. The largest absolute Gasteiger partial charge is 0.462 e. The van der Waals surface area contributed by atoms with E-state index >= 15 is 0 Å². The summed E-state index contributed by atoms with van der Waals surface area (Å²) in [6.07, 6.45) is 0. The van der Waals surface area contributed by atoms with E-state index in [1.807, 2.05) is 13.8 Å². The molecule has 5 heteroatoms. The van der Waals surface area contributed by atoms with Crippen LogP contribution in [0.25, 0.3) is 0 Å². The van der Waals surface area contributed by atoms with Gasteiger partial charge in [0.2, 0.25) is 0 Å². The molecule has 15 heavy (non-hydrogen) atoms. The highest BCUT2D eigenvalue weighted by Gasteiger charge is 2.22. The average molecular weight is 217 g/mol. The molecule has 0 aromatic heterocycles. The van der Waals surface area contributed by atoms with Crippen molar-refractivity contribution in [3.63, 3.8) is 0 Å². The van der Waals surface area contributed by atoms with E-state index in [0.717, 1.165) is 0 Å². The van der Waals surface area contributed by atoms with E-state index in [9.17, 15) is 9.59 Å². The Morgan fingerprint density at radius 1 is 1.27 bits per heavy atom. The van der Waals surface area contributed by atoms with Crippen molar-refractivity contribution >= 4 is 11.9 Å².